The molecule has 0 saturated carbocycles. The number of carbonyl (C=O) groups is 1. The van der Waals surface area contributed by atoms with Crippen LogP contribution in [0.1, 0.15) is 5.56 Å². The Bertz CT molecular complexity index is 868. The van der Waals surface area contributed by atoms with E-state index in [1.165, 1.54) is 12.1 Å². The van der Waals surface area contributed by atoms with Gasteiger partial charge in [0.25, 0.3) is 0 Å². The van der Waals surface area contributed by atoms with Crippen LogP contribution in [0.25, 0.3) is 11.1 Å². The van der Waals surface area contributed by atoms with Gasteiger partial charge < -0.3 is 15.7 Å². The molecule has 1 atom stereocenters. The standard InChI is InChI=1S/C21H20FN3O2/c22-18-5-1-15(2-6-18)13-20(14-26)25-21(27)24-19-7-3-16(4-8-19)17-9-11-23-12-10-17/h1-12,20,26H,13-14H2,(H2,24,25,27)/t20-/m1/s1. The molecule has 0 fully saturated rings. The van der Waals surface area contributed by atoms with Crippen LogP contribution in [0.5, 0.6) is 0 Å². The Labute approximate surface area is 156 Å². The highest BCUT2D eigenvalue weighted by atomic mass is 19.1. The van der Waals surface area contributed by atoms with E-state index in [2.05, 4.69) is 15.6 Å². The molecular weight excluding hydrogens is 345 g/mol. The molecule has 1 aromatic heterocycles. The zero-order valence-corrected chi connectivity index (χ0v) is 14.6. The van der Waals surface area contributed by atoms with Gasteiger partial charge in [0.2, 0.25) is 0 Å². The topological polar surface area (TPSA) is 74.2 Å². The highest BCUT2D eigenvalue weighted by Gasteiger charge is 2.12. The van der Waals surface area contributed by atoms with Gasteiger partial charge >= 0.3 is 6.03 Å². The van der Waals surface area contributed by atoms with Gasteiger partial charge in [0, 0.05) is 18.1 Å². The molecule has 0 aliphatic rings. The number of aromatic nitrogens is 1. The highest BCUT2D eigenvalue weighted by Crippen LogP contribution is 2.20. The third kappa shape index (κ3) is 5.36. The third-order valence-corrected chi connectivity index (χ3v) is 4.11. The summed E-state index contributed by atoms with van der Waals surface area (Å²) in [6.45, 7) is -0.216. The fourth-order valence-corrected chi connectivity index (χ4v) is 2.71. The summed E-state index contributed by atoms with van der Waals surface area (Å²) < 4.78 is 13.0. The molecule has 2 aromatic carbocycles. The van der Waals surface area contributed by atoms with Crippen molar-refractivity contribution >= 4 is 11.7 Å². The second-order valence-electron chi connectivity index (χ2n) is 6.12. The lowest BCUT2D eigenvalue weighted by atomic mass is 10.1. The summed E-state index contributed by atoms with van der Waals surface area (Å²) >= 11 is 0. The van der Waals surface area contributed by atoms with Gasteiger partial charge in [-0.05, 0) is 59.5 Å². The fraction of sp³-hybridized carbons (Fsp3) is 0.143. The van der Waals surface area contributed by atoms with Gasteiger partial charge in [0.1, 0.15) is 5.82 Å². The minimum atomic E-state index is -0.466. The van der Waals surface area contributed by atoms with Crippen molar-refractivity contribution in [1.29, 1.82) is 0 Å². The molecule has 1 heterocycles. The molecule has 0 bridgehead atoms. The molecule has 0 radical (unpaired) electrons. The lowest BCUT2D eigenvalue weighted by molar-refractivity contribution is 0.224. The molecule has 2 amide bonds. The van der Waals surface area contributed by atoms with Crippen LogP contribution < -0.4 is 10.6 Å². The predicted molar refractivity (Wildman–Crippen MR) is 103 cm³/mol. The Hall–Kier alpha value is -3.25. The number of aliphatic hydroxyl groups excluding tert-OH is 1. The Morgan fingerprint density at radius 2 is 1.59 bits per heavy atom. The van der Waals surface area contributed by atoms with Crippen molar-refractivity contribution in [3.8, 4) is 11.1 Å². The van der Waals surface area contributed by atoms with Crippen LogP contribution in [-0.4, -0.2) is 28.8 Å². The number of benzene rings is 2. The maximum Gasteiger partial charge on any atom is 0.319 e. The van der Waals surface area contributed by atoms with Crippen LogP contribution in [0, 0.1) is 5.82 Å². The molecule has 0 saturated heterocycles. The second-order valence-corrected chi connectivity index (χ2v) is 6.12. The van der Waals surface area contributed by atoms with Crippen LogP contribution >= 0.6 is 0 Å². The number of nitrogens with one attached hydrogen (secondary N) is 2. The average Bonchev–Trinajstić information content (AvgIpc) is 2.70. The number of aliphatic hydroxyl groups is 1. The molecule has 27 heavy (non-hydrogen) atoms. The predicted octanol–water partition coefficient (Wildman–Crippen LogP) is 3.61. The van der Waals surface area contributed by atoms with Crippen molar-refractivity contribution in [1.82, 2.24) is 10.3 Å². The van der Waals surface area contributed by atoms with Crippen molar-refractivity contribution in [2.45, 2.75) is 12.5 Å². The van der Waals surface area contributed by atoms with E-state index < -0.39 is 12.1 Å². The number of hydrogen-bond donors (Lipinski definition) is 3. The average molecular weight is 365 g/mol. The number of halogens is 1. The Morgan fingerprint density at radius 1 is 0.963 bits per heavy atom. The van der Waals surface area contributed by atoms with Crippen LogP contribution in [0.3, 0.4) is 0 Å². The molecule has 3 N–H and O–H groups in total. The maximum atomic E-state index is 13.0. The number of amides is 2. The maximum absolute atomic E-state index is 13.0. The molecule has 5 nitrogen and oxygen atoms in total. The van der Waals surface area contributed by atoms with Gasteiger partial charge in [0.05, 0.1) is 12.6 Å². The van der Waals surface area contributed by atoms with Crippen molar-refractivity contribution in [2.75, 3.05) is 11.9 Å². The molecule has 138 valence electrons. The molecular formula is C21H20FN3O2. The molecule has 6 heteroatoms. The number of hydrogen-bond acceptors (Lipinski definition) is 3. The van der Waals surface area contributed by atoms with Crippen LogP contribution in [-0.2, 0) is 6.42 Å². The monoisotopic (exact) mass is 365 g/mol. The zero-order valence-electron chi connectivity index (χ0n) is 14.6. The summed E-state index contributed by atoms with van der Waals surface area (Å²) in [5.74, 6) is -0.319. The first-order chi connectivity index (χ1) is 13.1. The molecule has 0 aliphatic carbocycles. The number of urea groups is 1. The van der Waals surface area contributed by atoms with E-state index in [0.29, 0.717) is 12.1 Å². The normalized spacial score (nSPS) is 11.6. The molecule has 0 spiro atoms. The lowest BCUT2D eigenvalue weighted by Crippen LogP contribution is -2.41. The highest BCUT2D eigenvalue weighted by molar-refractivity contribution is 5.89. The molecule has 0 aliphatic heterocycles. The zero-order chi connectivity index (χ0) is 19.1. The van der Waals surface area contributed by atoms with E-state index in [4.69, 9.17) is 0 Å². The third-order valence-electron chi connectivity index (χ3n) is 4.11. The second kappa shape index (κ2) is 8.91. The summed E-state index contributed by atoms with van der Waals surface area (Å²) in [5, 5.41) is 15.0. The van der Waals surface area contributed by atoms with Gasteiger partial charge in [0.15, 0.2) is 0 Å². The van der Waals surface area contributed by atoms with Crippen LogP contribution in [0.4, 0.5) is 14.9 Å². The molecule has 3 rings (SSSR count). The first-order valence-corrected chi connectivity index (χ1v) is 8.57. The first-order valence-electron chi connectivity index (χ1n) is 8.57. The van der Waals surface area contributed by atoms with E-state index in [9.17, 15) is 14.3 Å². The number of anilines is 1. The summed E-state index contributed by atoms with van der Waals surface area (Å²) in [6, 6.07) is 16.4. The van der Waals surface area contributed by atoms with Gasteiger partial charge in [-0.15, -0.1) is 0 Å². The SMILES string of the molecule is O=C(Nc1ccc(-c2ccncc2)cc1)N[C@@H](CO)Cc1ccc(F)cc1. The Kier molecular flexibility index (Phi) is 6.12. The Balaban J connectivity index is 1.56. The summed E-state index contributed by atoms with van der Waals surface area (Å²) in [4.78, 5) is 16.2. The van der Waals surface area contributed by atoms with Crippen LogP contribution in [0.2, 0.25) is 0 Å². The van der Waals surface area contributed by atoms with Gasteiger partial charge in [-0.2, -0.15) is 0 Å². The first kappa shape index (κ1) is 18.5. The fourth-order valence-electron chi connectivity index (χ4n) is 2.71. The minimum absolute atomic E-state index is 0.216. The van der Waals surface area contributed by atoms with Crippen molar-refractivity contribution in [3.05, 3.63) is 84.4 Å². The van der Waals surface area contributed by atoms with Crippen molar-refractivity contribution in [3.63, 3.8) is 0 Å². The molecule has 3 aromatic rings. The number of rotatable bonds is 6. The summed E-state index contributed by atoms with van der Waals surface area (Å²) in [7, 11) is 0. The smallest absolute Gasteiger partial charge is 0.319 e. The minimum Gasteiger partial charge on any atom is -0.394 e. The van der Waals surface area contributed by atoms with Crippen LogP contribution in [0.15, 0.2) is 73.1 Å². The number of nitrogens with zero attached hydrogens (tertiary/aromatic N) is 1. The van der Waals surface area contributed by atoms with E-state index in [-0.39, 0.29) is 12.4 Å². The van der Waals surface area contributed by atoms with E-state index in [0.717, 1.165) is 16.7 Å². The Morgan fingerprint density at radius 3 is 2.22 bits per heavy atom. The summed E-state index contributed by atoms with van der Waals surface area (Å²) in [6.07, 6.45) is 3.86. The number of carbonyl (C=O) groups excluding carboxylic acids is 1. The van der Waals surface area contributed by atoms with Gasteiger partial charge in [-0.1, -0.05) is 24.3 Å². The quantitative estimate of drug-likeness (QED) is 0.625. The molecule has 0 unspecified atom stereocenters. The number of pyridine rings is 1. The van der Waals surface area contributed by atoms with Gasteiger partial charge in [-0.3, -0.25) is 4.98 Å². The van der Waals surface area contributed by atoms with E-state index in [1.807, 2.05) is 36.4 Å². The summed E-state index contributed by atoms with van der Waals surface area (Å²) in [5.41, 5.74) is 3.54. The lowest BCUT2D eigenvalue weighted by Gasteiger charge is -2.17. The van der Waals surface area contributed by atoms with Crippen molar-refractivity contribution in [2.24, 2.45) is 0 Å². The van der Waals surface area contributed by atoms with Gasteiger partial charge in [-0.25, -0.2) is 9.18 Å². The van der Waals surface area contributed by atoms with E-state index in [1.54, 1.807) is 24.5 Å². The largest absolute Gasteiger partial charge is 0.394 e. The van der Waals surface area contributed by atoms with E-state index >= 15 is 0 Å². The van der Waals surface area contributed by atoms with Crippen molar-refractivity contribution < 1.29 is 14.3 Å².